The Balaban J connectivity index is 1.51. The topological polar surface area (TPSA) is 161 Å². The average molecular weight is 556 g/mol. The molecule has 0 bridgehead atoms. The molecule has 2 aromatic heterocycles. The second-order valence-electron chi connectivity index (χ2n) is 10.2. The van der Waals surface area contributed by atoms with Crippen molar-refractivity contribution in [3.05, 3.63) is 41.1 Å². The number of rotatable bonds is 11. The molecule has 0 saturated heterocycles. The lowest BCUT2D eigenvalue weighted by Crippen LogP contribution is -2.34. The second kappa shape index (κ2) is 10.5. The summed E-state index contributed by atoms with van der Waals surface area (Å²) in [6.07, 6.45) is 5.74. The minimum atomic E-state index is -3.66. The van der Waals surface area contributed by atoms with Gasteiger partial charge in [0.1, 0.15) is 5.56 Å². The number of nitrogens with two attached hydrogens (primary N) is 1. The van der Waals surface area contributed by atoms with Gasteiger partial charge in [-0.3, -0.25) is 14.3 Å². The van der Waals surface area contributed by atoms with E-state index in [1.165, 1.54) is 4.52 Å². The maximum absolute atomic E-state index is 13.4. The molecule has 208 valence electrons. The first-order valence-electron chi connectivity index (χ1n) is 13.0. The number of hydrogen-bond acceptors (Lipinski definition) is 8. The Hall–Kier alpha value is -3.71. The molecule has 1 aliphatic heterocycles. The molecule has 1 saturated carbocycles. The number of nitrogens with zero attached hydrogens (tertiary/aromatic N) is 4. The number of sulfonamides is 1. The number of carbonyl (C=O) groups excluding carboxylic acids is 2. The SMILES string of the molecule is CCCOCCNC(=O)c1c(N)nn2ccc(-c3cc4c(c(NS(C)(=O)=O)c3)C(=O)N([C@@H](C)C3CC3)C4)nc12. The van der Waals surface area contributed by atoms with Crippen LogP contribution in [0.1, 0.15) is 59.4 Å². The van der Waals surface area contributed by atoms with E-state index in [1.54, 1.807) is 23.2 Å². The molecule has 2 aliphatic rings. The third kappa shape index (κ3) is 5.55. The van der Waals surface area contributed by atoms with Crippen LogP contribution in [0.4, 0.5) is 11.5 Å². The molecular formula is C26H33N7O5S. The molecule has 0 unspecified atom stereocenters. The van der Waals surface area contributed by atoms with Gasteiger partial charge in [-0.25, -0.2) is 17.9 Å². The van der Waals surface area contributed by atoms with E-state index in [4.69, 9.17) is 10.5 Å². The Morgan fingerprint density at radius 1 is 1.28 bits per heavy atom. The summed E-state index contributed by atoms with van der Waals surface area (Å²) in [4.78, 5) is 32.8. The zero-order valence-corrected chi connectivity index (χ0v) is 23.0. The summed E-state index contributed by atoms with van der Waals surface area (Å²) in [5, 5.41) is 6.99. The van der Waals surface area contributed by atoms with Crippen molar-refractivity contribution >= 4 is 39.0 Å². The van der Waals surface area contributed by atoms with E-state index in [-0.39, 0.29) is 34.7 Å². The van der Waals surface area contributed by atoms with Crippen molar-refractivity contribution in [1.29, 1.82) is 0 Å². The number of carbonyl (C=O) groups is 2. The van der Waals surface area contributed by atoms with Gasteiger partial charge in [-0.1, -0.05) is 6.92 Å². The number of anilines is 2. The predicted molar refractivity (Wildman–Crippen MR) is 147 cm³/mol. The summed E-state index contributed by atoms with van der Waals surface area (Å²) in [5.74, 6) is -0.101. The normalized spacial score (nSPS) is 16.0. The zero-order chi connectivity index (χ0) is 27.9. The van der Waals surface area contributed by atoms with Gasteiger partial charge in [0.25, 0.3) is 11.8 Å². The highest BCUT2D eigenvalue weighted by molar-refractivity contribution is 7.92. The number of benzene rings is 1. The van der Waals surface area contributed by atoms with Gasteiger partial charge < -0.3 is 20.7 Å². The summed E-state index contributed by atoms with van der Waals surface area (Å²) in [7, 11) is -3.66. The Morgan fingerprint density at radius 2 is 2.05 bits per heavy atom. The molecule has 12 nitrogen and oxygen atoms in total. The number of aromatic nitrogens is 3. The summed E-state index contributed by atoms with van der Waals surface area (Å²) >= 11 is 0. The fraction of sp³-hybridized carbons (Fsp3) is 0.462. The van der Waals surface area contributed by atoms with Crippen LogP contribution in [0.2, 0.25) is 0 Å². The lowest BCUT2D eigenvalue weighted by Gasteiger charge is -2.24. The molecule has 3 heterocycles. The number of nitrogen functional groups attached to an aromatic ring is 1. The lowest BCUT2D eigenvalue weighted by molar-refractivity contribution is 0.0698. The fourth-order valence-corrected chi connectivity index (χ4v) is 5.53. The molecule has 0 radical (unpaired) electrons. The lowest BCUT2D eigenvalue weighted by atomic mass is 10.0. The smallest absolute Gasteiger partial charge is 0.259 e. The van der Waals surface area contributed by atoms with Crippen molar-refractivity contribution in [2.75, 3.05) is 36.5 Å². The predicted octanol–water partition coefficient (Wildman–Crippen LogP) is 2.26. The van der Waals surface area contributed by atoms with Gasteiger partial charge in [0.05, 0.1) is 29.8 Å². The highest BCUT2D eigenvalue weighted by Gasteiger charge is 2.40. The van der Waals surface area contributed by atoms with Crippen LogP contribution in [0.15, 0.2) is 24.4 Å². The van der Waals surface area contributed by atoms with Crippen molar-refractivity contribution < 1.29 is 22.7 Å². The molecule has 1 fully saturated rings. The molecule has 0 spiro atoms. The molecule has 1 aliphatic carbocycles. The zero-order valence-electron chi connectivity index (χ0n) is 22.2. The van der Waals surface area contributed by atoms with Gasteiger partial charge >= 0.3 is 0 Å². The third-order valence-corrected chi connectivity index (χ3v) is 7.63. The van der Waals surface area contributed by atoms with Gasteiger partial charge in [-0.15, -0.1) is 5.10 Å². The van der Waals surface area contributed by atoms with Crippen LogP contribution in [-0.4, -0.2) is 71.8 Å². The third-order valence-electron chi connectivity index (χ3n) is 7.04. The Morgan fingerprint density at radius 3 is 2.74 bits per heavy atom. The molecule has 5 rings (SSSR count). The van der Waals surface area contributed by atoms with Gasteiger partial charge in [0.15, 0.2) is 11.5 Å². The monoisotopic (exact) mass is 555 g/mol. The summed E-state index contributed by atoms with van der Waals surface area (Å²) in [5.41, 5.74) is 8.82. The number of nitrogens with one attached hydrogen (secondary N) is 2. The first kappa shape index (κ1) is 26.9. The van der Waals surface area contributed by atoms with Crippen molar-refractivity contribution in [2.45, 2.75) is 45.7 Å². The molecule has 3 aromatic rings. The van der Waals surface area contributed by atoms with E-state index < -0.39 is 15.9 Å². The highest BCUT2D eigenvalue weighted by Crippen LogP contribution is 2.41. The largest absolute Gasteiger partial charge is 0.381 e. The first-order chi connectivity index (χ1) is 18.6. The van der Waals surface area contributed by atoms with Crippen LogP contribution >= 0.6 is 0 Å². The Labute approximate surface area is 227 Å². The second-order valence-corrected chi connectivity index (χ2v) is 11.9. The molecule has 1 atom stereocenters. The van der Waals surface area contributed by atoms with Crippen LogP contribution in [-0.2, 0) is 21.3 Å². The minimum Gasteiger partial charge on any atom is -0.381 e. The number of hydrogen-bond donors (Lipinski definition) is 3. The van der Waals surface area contributed by atoms with Gasteiger partial charge in [0.2, 0.25) is 10.0 Å². The summed E-state index contributed by atoms with van der Waals surface area (Å²) in [6.45, 7) is 5.72. The molecule has 39 heavy (non-hydrogen) atoms. The van der Waals surface area contributed by atoms with E-state index in [9.17, 15) is 18.0 Å². The van der Waals surface area contributed by atoms with Crippen LogP contribution in [0, 0.1) is 5.92 Å². The van der Waals surface area contributed by atoms with E-state index in [0.717, 1.165) is 31.1 Å². The quantitative estimate of drug-likeness (QED) is 0.304. The fourth-order valence-electron chi connectivity index (χ4n) is 4.96. The summed E-state index contributed by atoms with van der Waals surface area (Å²) < 4.78 is 33.8. The van der Waals surface area contributed by atoms with Gasteiger partial charge in [-0.05, 0) is 55.9 Å². The first-order valence-corrected chi connectivity index (χ1v) is 14.9. The van der Waals surface area contributed by atoms with Crippen LogP contribution in [0.3, 0.4) is 0 Å². The van der Waals surface area contributed by atoms with Crippen molar-refractivity contribution in [3.8, 4) is 11.3 Å². The van der Waals surface area contributed by atoms with Crippen molar-refractivity contribution in [3.63, 3.8) is 0 Å². The molecule has 2 amide bonds. The van der Waals surface area contributed by atoms with Crippen LogP contribution < -0.4 is 15.8 Å². The van der Waals surface area contributed by atoms with Crippen molar-refractivity contribution in [1.82, 2.24) is 24.8 Å². The highest BCUT2D eigenvalue weighted by atomic mass is 32.2. The number of ether oxygens (including phenoxy) is 1. The van der Waals surface area contributed by atoms with Gasteiger partial charge in [-0.2, -0.15) is 0 Å². The molecule has 1 aromatic carbocycles. The van der Waals surface area contributed by atoms with E-state index in [1.807, 2.05) is 19.9 Å². The number of fused-ring (bicyclic) bond motifs is 2. The van der Waals surface area contributed by atoms with E-state index in [0.29, 0.717) is 49.0 Å². The standard InChI is InChI=1S/C26H33N7O5S/c1-4-10-38-11-8-28-25(34)22-23(27)30-33-9-7-19(29-24(22)33)17-12-18-14-32(15(2)16-5-6-16)26(35)21(18)20(13-17)31-39(3,36)37/h7,9,12-13,15-16,31H,4-6,8,10-11,14H2,1-3H3,(H2,27,30)(H,28,34)/t15-/m0/s1. The molecule has 13 heteroatoms. The molecular weight excluding hydrogens is 522 g/mol. The number of amides is 2. The van der Waals surface area contributed by atoms with E-state index >= 15 is 0 Å². The van der Waals surface area contributed by atoms with Crippen LogP contribution in [0.5, 0.6) is 0 Å². The van der Waals surface area contributed by atoms with Crippen LogP contribution in [0.25, 0.3) is 16.9 Å². The Bertz CT molecular complexity index is 1550. The maximum atomic E-state index is 13.4. The minimum absolute atomic E-state index is 0.0373. The van der Waals surface area contributed by atoms with E-state index in [2.05, 4.69) is 20.1 Å². The average Bonchev–Trinajstić information content (AvgIpc) is 3.59. The maximum Gasteiger partial charge on any atom is 0.259 e. The summed E-state index contributed by atoms with van der Waals surface area (Å²) in [6, 6.07) is 5.22. The van der Waals surface area contributed by atoms with Gasteiger partial charge in [0, 0.05) is 37.5 Å². The van der Waals surface area contributed by atoms with Crippen molar-refractivity contribution in [2.24, 2.45) is 5.92 Å². The Kier molecular flexibility index (Phi) is 7.21. The molecule has 4 N–H and O–H groups in total.